The highest BCUT2D eigenvalue weighted by atomic mass is 16.3. The summed E-state index contributed by atoms with van der Waals surface area (Å²) in [5, 5.41) is 31.1. The van der Waals surface area contributed by atoms with Crippen molar-refractivity contribution in [3.63, 3.8) is 0 Å². The fourth-order valence-electron chi connectivity index (χ4n) is 6.37. The van der Waals surface area contributed by atoms with Crippen LogP contribution in [0.1, 0.15) is 55.2 Å². The number of phenols is 1. The topological polar surface area (TPSA) is 60.7 Å². The van der Waals surface area contributed by atoms with Crippen LogP contribution in [0, 0.1) is 30.1 Å². The average molecular weight is 316 g/mol. The quantitative estimate of drug-likeness (QED) is 0.746. The minimum Gasteiger partial charge on any atom is -0.508 e. The van der Waals surface area contributed by atoms with Gasteiger partial charge in [-0.1, -0.05) is 13.0 Å². The number of rotatable bonds is 1. The molecule has 1 aromatic carbocycles. The summed E-state index contributed by atoms with van der Waals surface area (Å²) in [6.07, 6.45) is 4.62. The predicted octanol–water partition coefficient (Wildman–Crippen LogP) is 3.14. The van der Waals surface area contributed by atoms with E-state index in [1.165, 1.54) is 17.5 Å². The normalized spacial score (nSPS) is 42.0. The third-order valence-corrected chi connectivity index (χ3v) is 7.48. The first kappa shape index (κ1) is 15.5. The SMILES string of the molecule is Cc1ccc(O)c2c1C1C(CC2)C2CC[C@H](CO)[C@@]2(C)C[C@@H]1O. The molecule has 4 rings (SSSR count). The van der Waals surface area contributed by atoms with Crippen LogP contribution in [0.25, 0.3) is 0 Å². The van der Waals surface area contributed by atoms with Gasteiger partial charge in [-0.25, -0.2) is 0 Å². The van der Waals surface area contributed by atoms with Gasteiger partial charge in [-0.2, -0.15) is 0 Å². The maximum atomic E-state index is 11.0. The number of aliphatic hydroxyl groups is 2. The Bertz CT molecular complexity index is 626. The van der Waals surface area contributed by atoms with Gasteiger partial charge in [0.2, 0.25) is 0 Å². The summed E-state index contributed by atoms with van der Waals surface area (Å²) in [6, 6.07) is 3.79. The van der Waals surface area contributed by atoms with Crippen LogP contribution in [0.5, 0.6) is 5.75 Å². The maximum Gasteiger partial charge on any atom is 0.119 e. The molecule has 0 amide bonds. The zero-order valence-electron chi connectivity index (χ0n) is 14.1. The molecule has 23 heavy (non-hydrogen) atoms. The summed E-state index contributed by atoms with van der Waals surface area (Å²) in [6.45, 7) is 4.63. The summed E-state index contributed by atoms with van der Waals surface area (Å²) in [5.74, 6) is 1.94. The van der Waals surface area contributed by atoms with E-state index in [0.717, 1.165) is 31.2 Å². The summed E-state index contributed by atoms with van der Waals surface area (Å²) in [5.41, 5.74) is 3.54. The zero-order valence-corrected chi connectivity index (χ0v) is 14.1. The molecule has 0 heterocycles. The molecular formula is C20H28O3. The summed E-state index contributed by atoms with van der Waals surface area (Å²) in [4.78, 5) is 0. The Balaban J connectivity index is 1.79. The first-order chi connectivity index (χ1) is 11.0. The van der Waals surface area contributed by atoms with Crippen molar-refractivity contribution >= 4 is 0 Å². The van der Waals surface area contributed by atoms with E-state index in [1.54, 1.807) is 6.07 Å². The lowest BCUT2D eigenvalue weighted by Crippen LogP contribution is -2.49. The Labute approximate surface area is 138 Å². The lowest BCUT2D eigenvalue weighted by atomic mass is 9.53. The molecule has 6 atom stereocenters. The molecule has 3 N–H and O–H groups in total. The second-order valence-corrected chi connectivity index (χ2v) is 8.36. The molecular weight excluding hydrogens is 288 g/mol. The van der Waals surface area contributed by atoms with Gasteiger partial charge in [0.15, 0.2) is 0 Å². The summed E-state index contributed by atoms with van der Waals surface area (Å²) in [7, 11) is 0. The lowest BCUT2D eigenvalue weighted by Gasteiger charge is -2.53. The second kappa shape index (κ2) is 5.22. The zero-order chi connectivity index (χ0) is 16.4. The highest BCUT2D eigenvalue weighted by Crippen LogP contribution is 2.63. The Hall–Kier alpha value is -1.06. The van der Waals surface area contributed by atoms with Crippen LogP contribution in [0.15, 0.2) is 12.1 Å². The van der Waals surface area contributed by atoms with Gasteiger partial charge in [0.1, 0.15) is 5.75 Å². The van der Waals surface area contributed by atoms with Crippen LogP contribution in [-0.4, -0.2) is 28.0 Å². The van der Waals surface area contributed by atoms with E-state index in [0.29, 0.717) is 23.5 Å². The Kier molecular flexibility index (Phi) is 3.51. The van der Waals surface area contributed by atoms with Gasteiger partial charge < -0.3 is 15.3 Å². The first-order valence-corrected chi connectivity index (χ1v) is 9.07. The van der Waals surface area contributed by atoms with E-state index in [4.69, 9.17) is 0 Å². The third kappa shape index (κ3) is 2.02. The molecule has 2 fully saturated rings. The van der Waals surface area contributed by atoms with Crippen LogP contribution in [0.4, 0.5) is 0 Å². The van der Waals surface area contributed by atoms with Crippen LogP contribution in [0.2, 0.25) is 0 Å². The molecule has 0 aliphatic heterocycles. The number of benzene rings is 1. The monoisotopic (exact) mass is 316 g/mol. The van der Waals surface area contributed by atoms with E-state index >= 15 is 0 Å². The fourth-order valence-corrected chi connectivity index (χ4v) is 6.37. The maximum absolute atomic E-state index is 11.0. The number of fused-ring (bicyclic) bond motifs is 5. The number of phenolic OH excluding ortho intramolecular Hbond substituents is 1. The minimum atomic E-state index is -0.368. The van der Waals surface area contributed by atoms with Crippen molar-refractivity contribution in [1.82, 2.24) is 0 Å². The van der Waals surface area contributed by atoms with Gasteiger partial charge in [-0.05, 0) is 85.0 Å². The van der Waals surface area contributed by atoms with Gasteiger partial charge in [0.05, 0.1) is 6.10 Å². The number of aromatic hydroxyl groups is 1. The van der Waals surface area contributed by atoms with Crippen molar-refractivity contribution in [3.05, 3.63) is 28.8 Å². The molecule has 0 bridgehead atoms. The Morgan fingerprint density at radius 1 is 1.22 bits per heavy atom. The van der Waals surface area contributed by atoms with Crippen LogP contribution < -0.4 is 0 Å². The van der Waals surface area contributed by atoms with E-state index in [9.17, 15) is 15.3 Å². The van der Waals surface area contributed by atoms with Gasteiger partial charge in [0.25, 0.3) is 0 Å². The molecule has 3 heteroatoms. The molecule has 0 radical (unpaired) electrons. The minimum absolute atomic E-state index is 0.0670. The van der Waals surface area contributed by atoms with Crippen LogP contribution in [0.3, 0.4) is 0 Å². The van der Waals surface area contributed by atoms with Crippen molar-refractivity contribution in [2.45, 2.75) is 58.0 Å². The first-order valence-electron chi connectivity index (χ1n) is 9.07. The predicted molar refractivity (Wildman–Crippen MR) is 89.4 cm³/mol. The van der Waals surface area contributed by atoms with Crippen LogP contribution in [-0.2, 0) is 6.42 Å². The molecule has 126 valence electrons. The average Bonchev–Trinajstić information content (AvgIpc) is 2.86. The smallest absolute Gasteiger partial charge is 0.119 e. The highest BCUT2D eigenvalue weighted by molar-refractivity contribution is 5.48. The Morgan fingerprint density at radius 3 is 2.74 bits per heavy atom. The molecule has 0 aromatic heterocycles. The van der Waals surface area contributed by atoms with Crippen molar-refractivity contribution < 1.29 is 15.3 Å². The van der Waals surface area contributed by atoms with Crippen molar-refractivity contribution in [3.8, 4) is 5.75 Å². The lowest BCUT2D eigenvalue weighted by molar-refractivity contribution is -0.0630. The molecule has 1 aromatic rings. The fraction of sp³-hybridized carbons (Fsp3) is 0.700. The van der Waals surface area contributed by atoms with Crippen molar-refractivity contribution in [1.29, 1.82) is 0 Å². The van der Waals surface area contributed by atoms with E-state index in [2.05, 4.69) is 13.8 Å². The second-order valence-electron chi connectivity index (χ2n) is 8.36. The third-order valence-electron chi connectivity index (χ3n) is 7.48. The van der Waals surface area contributed by atoms with Gasteiger partial charge in [-0.3, -0.25) is 0 Å². The largest absolute Gasteiger partial charge is 0.508 e. The molecule has 3 nitrogen and oxygen atoms in total. The highest BCUT2D eigenvalue weighted by Gasteiger charge is 2.57. The number of hydrogen-bond donors (Lipinski definition) is 3. The van der Waals surface area contributed by atoms with Crippen molar-refractivity contribution in [2.75, 3.05) is 6.61 Å². The summed E-state index contributed by atoms with van der Waals surface area (Å²) >= 11 is 0. The van der Waals surface area contributed by atoms with Gasteiger partial charge in [0, 0.05) is 12.5 Å². The molecule has 0 saturated heterocycles. The standard InChI is InChI=1S/C20H28O3/c1-11-3-8-16(22)14-6-5-13-15-7-4-12(10-21)20(15,2)9-17(23)19(13)18(11)14/h3,8,12-13,15,17,19,21-23H,4-7,9-10H2,1-2H3/t12-,13?,15?,17+,19?,20-/m1/s1. The number of hydrogen-bond acceptors (Lipinski definition) is 3. The van der Waals surface area contributed by atoms with Gasteiger partial charge >= 0.3 is 0 Å². The van der Waals surface area contributed by atoms with E-state index in [1.807, 2.05) is 6.07 Å². The summed E-state index contributed by atoms with van der Waals surface area (Å²) < 4.78 is 0. The van der Waals surface area contributed by atoms with Gasteiger partial charge in [-0.15, -0.1) is 0 Å². The van der Waals surface area contributed by atoms with Crippen molar-refractivity contribution in [2.24, 2.45) is 23.2 Å². The molecule has 3 aliphatic rings. The van der Waals surface area contributed by atoms with E-state index in [-0.39, 0.29) is 24.0 Å². The van der Waals surface area contributed by atoms with E-state index < -0.39 is 0 Å². The molecule has 3 aliphatic carbocycles. The molecule has 2 saturated carbocycles. The number of aliphatic hydroxyl groups excluding tert-OH is 2. The van der Waals surface area contributed by atoms with Crippen LogP contribution >= 0.6 is 0 Å². The number of aryl methyl sites for hydroxylation is 1. The molecule has 0 spiro atoms. The molecule has 3 unspecified atom stereocenters. The Morgan fingerprint density at radius 2 is 2.00 bits per heavy atom.